The van der Waals surface area contributed by atoms with Crippen molar-refractivity contribution in [3.05, 3.63) is 51.6 Å². The number of halogens is 1. The first-order chi connectivity index (χ1) is 8.74. The van der Waals surface area contributed by atoms with Crippen molar-refractivity contribution >= 4 is 34.4 Å². The molecule has 0 radical (unpaired) electrons. The summed E-state index contributed by atoms with van der Waals surface area (Å²) in [5.41, 5.74) is 0.587. The van der Waals surface area contributed by atoms with Gasteiger partial charge in [0.25, 0.3) is 0 Å². The van der Waals surface area contributed by atoms with Crippen molar-refractivity contribution in [2.45, 2.75) is 4.90 Å². The van der Waals surface area contributed by atoms with Crippen LogP contribution in [0.1, 0.15) is 5.56 Å². The minimum atomic E-state index is 0.587. The van der Waals surface area contributed by atoms with E-state index < -0.39 is 0 Å². The van der Waals surface area contributed by atoms with Crippen molar-refractivity contribution in [3.8, 4) is 17.6 Å². The van der Waals surface area contributed by atoms with Gasteiger partial charge >= 0.3 is 0 Å². The fourth-order valence-corrected chi connectivity index (χ4v) is 2.61. The zero-order valence-electron chi connectivity index (χ0n) is 9.68. The van der Waals surface area contributed by atoms with Crippen LogP contribution in [0.5, 0.6) is 11.5 Å². The predicted molar refractivity (Wildman–Crippen MR) is 82.2 cm³/mol. The minimum absolute atomic E-state index is 0.587. The lowest BCUT2D eigenvalue weighted by Crippen LogP contribution is -1.90. The third kappa shape index (κ3) is 2.98. The van der Waals surface area contributed by atoms with Gasteiger partial charge in [-0.3, -0.25) is 0 Å². The maximum absolute atomic E-state index is 9.22. The second-order valence-electron chi connectivity index (χ2n) is 3.50. The Bertz CT molecular complexity index is 607. The van der Waals surface area contributed by atoms with E-state index in [0.29, 0.717) is 11.3 Å². The highest BCUT2D eigenvalue weighted by atomic mass is 127. The molecule has 0 N–H and O–H groups in total. The summed E-state index contributed by atoms with van der Waals surface area (Å²) < 4.78 is 6.88. The quantitative estimate of drug-likeness (QED) is 0.584. The molecular formula is C14H10INOS. The Balaban J connectivity index is 2.38. The molecule has 0 heterocycles. The number of ether oxygens (including phenoxy) is 1. The van der Waals surface area contributed by atoms with E-state index in [1.807, 2.05) is 48.7 Å². The van der Waals surface area contributed by atoms with E-state index in [2.05, 4.69) is 28.7 Å². The Labute approximate surface area is 124 Å². The summed E-state index contributed by atoms with van der Waals surface area (Å²) in [5, 5.41) is 9.22. The van der Waals surface area contributed by atoms with Crippen LogP contribution in [0.2, 0.25) is 0 Å². The molecule has 18 heavy (non-hydrogen) atoms. The van der Waals surface area contributed by atoms with Gasteiger partial charge < -0.3 is 4.74 Å². The average Bonchev–Trinajstić information content (AvgIpc) is 2.38. The molecule has 0 spiro atoms. The first-order valence-electron chi connectivity index (χ1n) is 5.25. The molecule has 0 saturated heterocycles. The summed E-state index contributed by atoms with van der Waals surface area (Å²) >= 11 is 3.77. The molecule has 0 atom stereocenters. The highest BCUT2D eigenvalue weighted by Crippen LogP contribution is 2.31. The summed E-state index contributed by atoms with van der Waals surface area (Å²) in [4.78, 5) is 0.931. The third-order valence-electron chi connectivity index (χ3n) is 2.34. The van der Waals surface area contributed by atoms with E-state index in [9.17, 15) is 5.26 Å². The van der Waals surface area contributed by atoms with Crippen LogP contribution in [0, 0.1) is 14.9 Å². The first kappa shape index (κ1) is 13.2. The van der Waals surface area contributed by atoms with E-state index >= 15 is 0 Å². The van der Waals surface area contributed by atoms with Crippen LogP contribution >= 0.6 is 34.4 Å². The Morgan fingerprint density at radius 2 is 2.00 bits per heavy atom. The number of nitriles is 1. The highest BCUT2D eigenvalue weighted by molar-refractivity contribution is 14.1. The number of hydrogen-bond donors (Lipinski definition) is 0. The lowest BCUT2D eigenvalue weighted by atomic mass is 10.2. The molecule has 0 aliphatic heterocycles. The molecule has 0 bridgehead atoms. The Morgan fingerprint density at radius 1 is 1.22 bits per heavy atom. The molecule has 2 rings (SSSR count). The molecule has 0 aromatic heterocycles. The minimum Gasteiger partial charge on any atom is -0.456 e. The molecule has 0 aliphatic carbocycles. The second-order valence-corrected chi connectivity index (χ2v) is 5.60. The largest absolute Gasteiger partial charge is 0.456 e. The van der Waals surface area contributed by atoms with Crippen LogP contribution < -0.4 is 4.74 Å². The third-order valence-corrected chi connectivity index (χ3v) is 3.79. The van der Waals surface area contributed by atoms with Gasteiger partial charge in [0.05, 0.1) is 0 Å². The molecule has 0 saturated carbocycles. The van der Waals surface area contributed by atoms with Crippen LogP contribution in [0.25, 0.3) is 0 Å². The lowest BCUT2D eigenvalue weighted by Gasteiger charge is -2.09. The van der Waals surface area contributed by atoms with Crippen molar-refractivity contribution < 1.29 is 4.74 Å². The van der Waals surface area contributed by atoms with Crippen molar-refractivity contribution in [1.82, 2.24) is 0 Å². The van der Waals surface area contributed by atoms with E-state index in [1.165, 1.54) is 0 Å². The van der Waals surface area contributed by atoms with Crippen LogP contribution in [0.4, 0.5) is 0 Å². The van der Waals surface area contributed by atoms with Crippen LogP contribution in [0.3, 0.4) is 0 Å². The topological polar surface area (TPSA) is 33.0 Å². The van der Waals surface area contributed by atoms with Crippen LogP contribution in [0.15, 0.2) is 47.4 Å². The van der Waals surface area contributed by atoms with Gasteiger partial charge in [-0.15, -0.1) is 11.8 Å². The van der Waals surface area contributed by atoms with Crippen molar-refractivity contribution in [3.63, 3.8) is 0 Å². The maximum atomic E-state index is 9.22. The highest BCUT2D eigenvalue weighted by Gasteiger charge is 2.09. The van der Waals surface area contributed by atoms with Gasteiger partial charge in [0.15, 0.2) is 0 Å². The fourth-order valence-electron chi connectivity index (χ4n) is 1.53. The number of nitrogens with zero attached hydrogens (tertiary/aromatic N) is 1. The summed E-state index contributed by atoms with van der Waals surface area (Å²) in [6, 6.07) is 15.6. The summed E-state index contributed by atoms with van der Waals surface area (Å²) in [5.74, 6) is 1.35. The van der Waals surface area contributed by atoms with Crippen molar-refractivity contribution in [1.29, 1.82) is 5.26 Å². The van der Waals surface area contributed by atoms with E-state index in [0.717, 1.165) is 14.2 Å². The number of rotatable bonds is 3. The van der Waals surface area contributed by atoms with Crippen LogP contribution in [-0.4, -0.2) is 6.26 Å². The monoisotopic (exact) mass is 367 g/mol. The maximum Gasteiger partial charge on any atom is 0.146 e. The normalized spacial score (nSPS) is 9.83. The predicted octanol–water partition coefficient (Wildman–Crippen LogP) is 4.68. The molecule has 2 nitrogen and oxygen atoms in total. The van der Waals surface area contributed by atoms with E-state index in [4.69, 9.17) is 4.74 Å². The SMILES string of the molecule is CSc1cccc(Oc2cccc(I)c2)c1C#N. The molecule has 0 aliphatic rings. The van der Waals surface area contributed by atoms with Gasteiger partial charge in [0.2, 0.25) is 0 Å². The van der Waals surface area contributed by atoms with Gasteiger partial charge in [-0.25, -0.2) is 0 Å². The van der Waals surface area contributed by atoms with Gasteiger partial charge in [0.1, 0.15) is 23.1 Å². The number of thioether (sulfide) groups is 1. The molecule has 2 aromatic carbocycles. The van der Waals surface area contributed by atoms with Crippen molar-refractivity contribution in [2.24, 2.45) is 0 Å². The molecule has 0 amide bonds. The molecule has 2 aromatic rings. The lowest BCUT2D eigenvalue weighted by molar-refractivity contribution is 0.479. The van der Waals surface area contributed by atoms with Gasteiger partial charge in [-0.05, 0) is 59.2 Å². The first-order valence-corrected chi connectivity index (χ1v) is 7.55. The van der Waals surface area contributed by atoms with Gasteiger partial charge in [-0.1, -0.05) is 12.1 Å². The number of benzene rings is 2. The van der Waals surface area contributed by atoms with Crippen molar-refractivity contribution in [2.75, 3.05) is 6.26 Å². The van der Waals surface area contributed by atoms with Crippen LogP contribution in [-0.2, 0) is 0 Å². The summed E-state index contributed by atoms with van der Waals surface area (Å²) in [7, 11) is 0. The second kappa shape index (κ2) is 6.12. The Hall–Kier alpha value is -1.19. The molecule has 4 heteroatoms. The standard InChI is InChI=1S/C14H10INOS/c1-18-14-7-3-6-13(12(14)9-16)17-11-5-2-4-10(15)8-11/h2-8H,1H3. The molecule has 0 unspecified atom stereocenters. The number of hydrogen-bond acceptors (Lipinski definition) is 3. The molecule has 90 valence electrons. The van der Waals surface area contributed by atoms with E-state index in [1.54, 1.807) is 11.8 Å². The van der Waals surface area contributed by atoms with E-state index in [-0.39, 0.29) is 0 Å². The molecule has 0 fully saturated rings. The fraction of sp³-hybridized carbons (Fsp3) is 0.0714. The Kier molecular flexibility index (Phi) is 4.50. The zero-order chi connectivity index (χ0) is 13.0. The van der Waals surface area contributed by atoms with Gasteiger partial charge in [0, 0.05) is 8.47 Å². The molecular weight excluding hydrogens is 357 g/mol. The average molecular weight is 367 g/mol. The Morgan fingerprint density at radius 3 is 2.67 bits per heavy atom. The smallest absolute Gasteiger partial charge is 0.146 e. The van der Waals surface area contributed by atoms with Gasteiger partial charge in [-0.2, -0.15) is 5.26 Å². The zero-order valence-corrected chi connectivity index (χ0v) is 12.7. The summed E-state index contributed by atoms with van der Waals surface area (Å²) in [6.07, 6.45) is 1.95. The summed E-state index contributed by atoms with van der Waals surface area (Å²) in [6.45, 7) is 0.